The summed E-state index contributed by atoms with van der Waals surface area (Å²) in [5, 5.41) is 11.8. The Hall–Kier alpha value is -2.93. The highest BCUT2D eigenvalue weighted by Gasteiger charge is 2.25. The molecule has 0 aliphatic carbocycles. The molecule has 1 aromatic carbocycles. The minimum atomic E-state index is -0.456. The molecule has 7 heteroatoms. The largest absolute Gasteiger partial charge is 0.387 e. The summed E-state index contributed by atoms with van der Waals surface area (Å²) in [6.45, 7) is 1.15. The van der Waals surface area contributed by atoms with Crippen LogP contribution in [0.4, 0.5) is 5.82 Å². The number of nitrogen functional groups attached to an aromatic ring is 1. The van der Waals surface area contributed by atoms with Gasteiger partial charge in [-0.25, -0.2) is 4.98 Å². The van der Waals surface area contributed by atoms with Gasteiger partial charge >= 0.3 is 0 Å². The lowest BCUT2D eigenvalue weighted by molar-refractivity contribution is -0.135. The van der Waals surface area contributed by atoms with E-state index in [0.717, 1.165) is 24.1 Å². The van der Waals surface area contributed by atoms with Crippen molar-refractivity contribution in [1.82, 2.24) is 15.2 Å². The molecule has 1 fully saturated rings. The highest BCUT2D eigenvalue weighted by molar-refractivity contribution is 5.98. The second kappa shape index (κ2) is 8.64. The van der Waals surface area contributed by atoms with E-state index in [4.69, 9.17) is 10.8 Å². The maximum Gasteiger partial charge on any atom is 0.255 e. The molecule has 2 heterocycles. The van der Waals surface area contributed by atoms with Gasteiger partial charge in [-0.2, -0.15) is 0 Å². The van der Waals surface area contributed by atoms with Crippen LogP contribution in [0, 0.1) is 0 Å². The first-order valence-electron chi connectivity index (χ1n) is 9.05. The van der Waals surface area contributed by atoms with E-state index in [1.54, 1.807) is 11.0 Å². The zero-order valence-corrected chi connectivity index (χ0v) is 15.1. The average Bonchev–Trinajstić information content (AvgIpc) is 2.72. The van der Waals surface area contributed by atoms with E-state index >= 15 is 0 Å². The Balaban J connectivity index is 1.60. The molecule has 0 bridgehead atoms. The Labute approximate surface area is 158 Å². The van der Waals surface area contributed by atoms with Crippen LogP contribution in [0.3, 0.4) is 0 Å². The third-order valence-corrected chi connectivity index (χ3v) is 4.89. The van der Waals surface area contributed by atoms with E-state index < -0.39 is 6.61 Å². The van der Waals surface area contributed by atoms with Crippen LogP contribution in [0.15, 0.2) is 42.5 Å². The summed E-state index contributed by atoms with van der Waals surface area (Å²) in [7, 11) is 0. The van der Waals surface area contributed by atoms with E-state index in [-0.39, 0.29) is 23.6 Å². The third kappa shape index (κ3) is 4.62. The van der Waals surface area contributed by atoms with Crippen LogP contribution in [-0.2, 0) is 11.3 Å². The van der Waals surface area contributed by atoms with Crippen molar-refractivity contribution in [1.29, 1.82) is 0 Å². The molecule has 7 nitrogen and oxygen atoms in total. The highest BCUT2D eigenvalue weighted by atomic mass is 16.3. The number of aliphatic hydroxyl groups excluding tert-OH is 1. The first-order valence-corrected chi connectivity index (χ1v) is 9.05. The maximum atomic E-state index is 12.4. The van der Waals surface area contributed by atoms with Crippen molar-refractivity contribution < 1.29 is 14.7 Å². The maximum absolute atomic E-state index is 12.4. The molecular weight excluding hydrogens is 344 g/mol. The Bertz CT molecular complexity index is 802. The van der Waals surface area contributed by atoms with Gasteiger partial charge in [0.1, 0.15) is 12.4 Å². The lowest BCUT2D eigenvalue weighted by atomic mass is 9.92. The standard InChI is InChI=1S/C20H24N4O3/c21-19-16(20(27)22-12-14-4-2-1-3-5-14)6-7-17(23-19)15-8-10-24(11-9-15)18(26)13-25/h1-7,15,25H,8-13H2,(H2,21,23)(H,22,27). The summed E-state index contributed by atoms with van der Waals surface area (Å²) in [5.41, 5.74) is 8.24. The average molecular weight is 368 g/mol. The normalized spacial score (nSPS) is 14.8. The molecule has 2 amide bonds. The highest BCUT2D eigenvalue weighted by Crippen LogP contribution is 2.28. The fourth-order valence-corrected chi connectivity index (χ4v) is 3.31. The number of aromatic nitrogens is 1. The Morgan fingerprint density at radius 3 is 2.48 bits per heavy atom. The first kappa shape index (κ1) is 18.8. The van der Waals surface area contributed by atoms with Crippen molar-refractivity contribution in [2.75, 3.05) is 25.4 Å². The summed E-state index contributed by atoms with van der Waals surface area (Å²) in [4.78, 5) is 30.0. The smallest absolute Gasteiger partial charge is 0.255 e. The zero-order chi connectivity index (χ0) is 19.2. The molecule has 1 saturated heterocycles. The van der Waals surface area contributed by atoms with Gasteiger partial charge in [0.25, 0.3) is 5.91 Å². The summed E-state index contributed by atoms with van der Waals surface area (Å²) in [5.74, 6) is -0.0893. The molecule has 1 aliphatic rings. The number of nitrogens with zero attached hydrogens (tertiary/aromatic N) is 2. The molecule has 0 spiro atoms. The number of nitrogens with one attached hydrogen (secondary N) is 1. The van der Waals surface area contributed by atoms with Crippen LogP contribution in [0.25, 0.3) is 0 Å². The van der Waals surface area contributed by atoms with E-state index in [0.29, 0.717) is 25.2 Å². The van der Waals surface area contributed by atoms with Gasteiger partial charge in [0.2, 0.25) is 5.91 Å². The predicted molar refractivity (Wildman–Crippen MR) is 102 cm³/mol. The number of amides is 2. The van der Waals surface area contributed by atoms with E-state index in [2.05, 4.69) is 10.3 Å². The summed E-state index contributed by atoms with van der Waals surface area (Å²) in [6.07, 6.45) is 1.52. The van der Waals surface area contributed by atoms with Gasteiger partial charge < -0.3 is 21.1 Å². The number of anilines is 1. The van der Waals surface area contributed by atoms with Crippen LogP contribution < -0.4 is 11.1 Å². The SMILES string of the molecule is Nc1nc(C2CCN(C(=O)CO)CC2)ccc1C(=O)NCc1ccccc1. The molecule has 0 atom stereocenters. The van der Waals surface area contributed by atoms with Crippen molar-refractivity contribution in [3.8, 4) is 0 Å². The van der Waals surface area contributed by atoms with Gasteiger partial charge in [0.05, 0.1) is 5.56 Å². The second-order valence-electron chi connectivity index (χ2n) is 6.65. The molecule has 3 rings (SSSR count). The van der Waals surface area contributed by atoms with Crippen molar-refractivity contribution in [2.24, 2.45) is 0 Å². The number of hydrogen-bond donors (Lipinski definition) is 3. The summed E-state index contributed by atoms with van der Waals surface area (Å²) in [6, 6.07) is 13.2. The van der Waals surface area contributed by atoms with E-state index in [9.17, 15) is 9.59 Å². The fourth-order valence-electron chi connectivity index (χ4n) is 3.31. The minimum Gasteiger partial charge on any atom is -0.387 e. The van der Waals surface area contributed by atoms with Crippen LogP contribution >= 0.6 is 0 Å². The monoisotopic (exact) mass is 368 g/mol. The van der Waals surface area contributed by atoms with Crippen molar-refractivity contribution >= 4 is 17.6 Å². The number of pyridine rings is 1. The lowest BCUT2D eigenvalue weighted by Crippen LogP contribution is -2.39. The van der Waals surface area contributed by atoms with Gasteiger partial charge in [0, 0.05) is 31.2 Å². The lowest BCUT2D eigenvalue weighted by Gasteiger charge is -2.31. The minimum absolute atomic E-state index is 0.191. The predicted octanol–water partition coefficient (Wildman–Crippen LogP) is 1.29. The van der Waals surface area contributed by atoms with E-state index in [1.807, 2.05) is 36.4 Å². The summed E-state index contributed by atoms with van der Waals surface area (Å²) < 4.78 is 0. The fraction of sp³-hybridized carbons (Fsp3) is 0.350. The van der Waals surface area contributed by atoms with Crippen LogP contribution in [0.5, 0.6) is 0 Å². The molecule has 0 radical (unpaired) electrons. The van der Waals surface area contributed by atoms with Gasteiger partial charge in [-0.15, -0.1) is 0 Å². The van der Waals surface area contributed by atoms with Crippen molar-refractivity contribution in [3.05, 3.63) is 59.3 Å². The molecule has 142 valence electrons. The number of carbonyl (C=O) groups is 2. The number of benzene rings is 1. The quantitative estimate of drug-likeness (QED) is 0.737. The number of piperidine rings is 1. The number of rotatable bonds is 5. The number of hydrogen-bond acceptors (Lipinski definition) is 5. The Kier molecular flexibility index (Phi) is 6.03. The van der Waals surface area contributed by atoms with Crippen LogP contribution in [0.2, 0.25) is 0 Å². The van der Waals surface area contributed by atoms with Crippen LogP contribution in [0.1, 0.15) is 40.4 Å². The number of likely N-dealkylation sites (tertiary alicyclic amines) is 1. The zero-order valence-electron chi connectivity index (χ0n) is 15.1. The molecule has 2 aromatic rings. The second-order valence-corrected chi connectivity index (χ2v) is 6.65. The molecular formula is C20H24N4O3. The van der Waals surface area contributed by atoms with Gasteiger partial charge in [-0.3, -0.25) is 9.59 Å². The van der Waals surface area contributed by atoms with Gasteiger partial charge in [0.15, 0.2) is 0 Å². The third-order valence-electron chi connectivity index (χ3n) is 4.89. The number of nitrogens with two attached hydrogens (primary N) is 1. The van der Waals surface area contributed by atoms with Gasteiger partial charge in [-0.1, -0.05) is 30.3 Å². The van der Waals surface area contributed by atoms with Crippen molar-refractivity contribution in [3.63, 3.8) is 0 Å². The molecule has 1 aromatic heterocycles. The first-order chi connectivity index (χ1) is 13.1. The van der Waals surface area contributed by atoms with Crippen LogP contribution in [-0.4, -0.2) is 46.5 Å². The molecule has 1 aliphatic heterocycles. The Morgan fingerprint density at radius 2 is 1.85 bits per heavy atom. The number of carbonyl (C=O) groups excluding carboxylic acids is 2. The van der Waals surface area contributed by atoms with E-state index in [1.165, 1.54) is 0 Å². The topological polar surface area (TPSA) is 109 Å². The molecule has 0 unspecified atom stereocenters. The summed E-state index contributed by atoms with van der Waals surface area (Å²) >= 11 is 0. The molecule has 27 heavy (non-hydrogen) atoms. The Morgan fingerprint density at radius 1 is 1.15 bits per heavy atom. The molecule has 0 saturated carbocycles. The van der Waals surface area contributed by atoms with Gasteiger partial charge in [-0.05, 0) is 30.5 Å². The number of aliphatic hydroxyl groups is 1. The molecule has 4 N–H and O–H groups in total. The van der Waals surface area contributed by atoms with Crippen molar-refractivity contribution in [2.45, 2.75) is 25.3 Å².